The van der Waals surface area contributed by atoms with Gasteiger partial charge >= 0.3 is 5.97 Å². The summed E-state index contributed by atoms with van der Waals surface area (Å²) in [6.07, 6.45) is 4.21. The first-order valence-electron chi connectivity index (χ1n) is 4.08. The third-order valence-electron chi connectivity index (χ3n) is 1.90. The number of carbonyl (C=O) groups is 1. The molecule has 0 aliphatic heterocycles. The second-order valence-corrected chi connectivity index (χ2v) is 2.77. The summed E-state index contributed by atoms with van der Waals surface area (Å²) in [6, 6.07) is 1.95. The molecule has 2 heterocycles. The van der Waals surface area contributed by atoms with Crippen molar-refractivity contribution in [3.63, 3.8) is 0 Å². The highest BCUT2D eigenvalue weighted by molar-refractivity contribution is 5.88. The molecule has 0 radical (unpaired) electrons. The molecule has 6 heteroatoms. The summed E-state index contributed by atoms with van der Waals surface area (Å²) in [6.45, 7) is 0. The van der Waals surface area contributed by atoms with Gasteiger partial charge in [-0.1, -0.05) is 0 Å². The normalized spacial score (nSPS) is 9.87. The van der Waals surface area contributed by atoms with E-state index >= 15 is 0 Å². The minimum atomic E-state index is -0.488. The summed E-state index contributed by atoms with van der Waals surface area (Å²) in [4.78, 5) is 15.1. The molecule has 15 heavy (non-hydrogen) atoms. The van der Waals surface area contributed by atoms with Crippen molar-refractivity contribution in [1.82, 2.24) is 14.6 Å². The minimum Gasteiger partial charge on any atom is -0.465 e. The standard InChI is InChI=1S/C9H6N4O2/c1-15-9(14)7-3-11-8-6(2-10)4-12-13(8)5-7/h3-5H,1H3. The Morgan fingerprint density at radius 2 is 2.40 bits per heavy atom. The van der Waals surface area contributed by atoms with Crippen molar-refractivity contribution in [3.05, 3.63) is 29.7 Å². The van der Waals surface area contributed by atoms with Crippen molar-refractivity contribution in [3.8, 4) is 6.07 Å². The maximum atomic E-state index is 11.2. The number of ether oxygens (including phenoxy) is 1. The maximum absolute atomic E-state index is 11.2. The Balaban J connectivity index is 2.59. The molecule has 74 valence electrons. The maximum Gasteiger partial charge on any atom is 0.341 e. The van der Waals surface area contributed by atoms with E-state index in [0.29, 0.717) is 11.2 Å². The second-order valence-electron chi connectivity index (χ2n) is 2.77. The Hall–Kier alpha value is -2.42. The lowest BCUT2D eigenvalue weighted by atomic mass is 10.3. The Morgan fingerprint density at radius 1 is 1.60 bits per heavy atom. The van der Waals surface area contributed by atoms with Crippen LogP contribution in [-0.4, -0.2) is 27.7 Å². The molecule has 0 bridgehead atoms. The van der Waals surface area contributed by atoms with Gasteiger partial charge in [-0.15, -0.1) is 0 Å². The molecule has 2 aromatic heterocycles. The van der Waals surface area contributed by atoms with E-state index in [1.54, 1.807) is 0 Å². The molecule has 0 saturated heterocycles. The quantitative estimate of drug-likeness (QED) is 0.625. The van der Waals surface area contributed by atoms with Crippen molar-refractivity contribution in [2.45, 2.75) is 0 Å². The molecule has 0 saturated carbocycles. The number of hydrogen-bond donors (Lipinski definition) is 0. The summed E-state index contributed by atoms with van der Waals surface area (Å²) in [5, 5.41) is 12.6. The molecule has 0 unspecified atom stereocenters. The number of nitrogens with zero attached hydrogens (tertiary/aromatic N) is 4. The largest absolute Gasteiger partial charge is 0.465 e. The lowest BCUT2D eigenvalue weighted by Crippen LogP contribution is -2.04. The van der Waals surface area contributed by atoms with Crippen LogP contribution in [0.25, 0.3) is 5.65 Å². The van der Waals surface area contributed by atoms with Crippen molar-refractivity contribution < 1.29 is 9.53 Å². The number of hydrogen-bond acceptors (Lipinski definition) is 5. The first kappa shape index (κ1) is 9.15. The smallest absolute Gasteiger partial charge is 0.341 e. The van der Waals surface area contributed by atoms with Gasteiger partial charge in [0.1, 0.15) is 11.6 Å². The summed E-state index contributed by atoms with van der Waals surface area (Å²) < 4.78 is 5.90. The molecule has 0 aliphatic rings. The highest BCUT2D eigenvalue weighted by Crippen LogP contribution is 2.07. The van der Waals surface area contributed by atoms with Crippen LogP contribution in [0.15, 0.2) is 18.6 Å². The van der Waals surface area contributed by atoms with Gasteiger partial charge in [0.05, 0.1) is 18.9 Å². The number of aromatic nitrogens is 3. The van der Waals surface area contributed by atoms with Gasteiger partial charge in [-0.05, 0) is 0 Å². The second kappa shape index (κ2) is 3.38. The number of carbonyl (C=O) groups excluding carboxylic acids is 1. The van der Waals surface area contributed by atoms with Gasteiger partial charge in [0.25, 0.3) is 0 Å². The third-order valence-corrected chi connectivity index (χ3v) is 1.90. The predicted octanol–water partition coefficient (Wildman–Crippen LogP) is 0.388. The fourth-order valence-electron chi connectivity index (χ4n) is 1.18. The van der Waals surface area contributed by atoms with Gasteiger partial charge in [0.15, 0.2) is 5.65 Å². The van der Waals surface area contributed by atoms with Crippen LogP contribution < -0.4 is 0 Å². The number of rotatable bonds is 1. The number of nitriles is 1. The van der Waals surface area contributed by atoms with Gasteiger partial charge in [0.2, 0.25) is 0 Å². The SMILES string of the molecule is COC(=O)c1cnc2c(C#N)cnn2c1. The minimum absolute atomic E-state index is 0.289. The van der Waals surface area contributed by atoms with Crippen LogP contribution in [0.1, 0.15) is 15.9 Å². The van der Waals surface area contributed by atoms with E-state index in [2.05, 4.69) is 14.8 Å². The summed E-state index contributed by atoms with van der Waals surface area (Å²) in [5.74, 6) is -0.488. The average molecular weight is 202 g/mol. The molecular formula is C9H6N4O2. The topological polar surface area (TPSA) is 80.3 Å². The van der Waals surface area contributed by atoms with Gasteiger partial charge in [0, 0.05) is 12.4 Å². The average Bonchev–Trinajstić information content (AvgIpc) is 2.69. The van der Waals surface area contributed by atoms with Crippen LogP contribution >= 0.6 is 0 Å². The molecule has 0 aromatic carbocycles. The van der Waals surface area contributed by atoms with Crippen LogP contribution in [0.5, 0.6) is 0 Å². The van der Waals surface area contributed by atoms with Crippen LogP contribution in [0.4, 0.5) is 0 Å². The predicted molar refractivity (Wildman–Crippen MR) is 49.0 cm³/mol. The molecule has 0 N–H and O–H groups in total. The molecule has 0 spiro atoms. The lowest BCUT2D eigenvalue weighted by molar-refractivity contribution is 0.0599. The first-order chi connectivity index (χ1) is 7.26. The Kier molecular flexibility index (Phi) is 2.06. The van der Waals surface area contributed by atoms with E-state index in [9.17, 15) is 4.79 Å². The number of esters is 1. The van der Waals surface area contributed by atoms with Crippen molar-refractivity contribution in [1.29, 1.82) is 5.26 Å². The number of fused-ring (bicyclic) bond motifs is 1. The van der Waals surface area contributed by atoms with Crippen LogP contribution in [0, 0.1) is 11.3 Å². The van der Waals surface area contributed by atoms with E-state index in [4.69, 9.17) is 5.26 Å². The van der Waals surface area contributed by atoms with Gasteiger partial charge in [-0.3, -0.25) is 0 Å². The van der Waals surface area contributed by atoms with Gasteiger partial charge in [-0.25, -0.2) is 14.3 Å². The molecule has 0 aliphatic carbocycles. The van der Waals surface area contributed by atoms with E-state index in [1.165, 1.54) is 30.2 Å². The number of methoxy groups -OCH3 is 1. The van der Waals surface area contributed by atoms with Gasteiger partial charge in [-0.2, -0.15) is 10.4 Å². The van der Waals surface area contributed by atoms with Crippen LogP contribution in [0.2, 0.25) is 0 Å². The molecule has 2 rings (SSSR count). The molecular weight excluding hydrogens is 196 g/mol. The monoisotopic (exact) mass is 202 g/mol. The van der Waals surface area contributed by atoms with E-state index < -0.39 is 5.97 Å². The zero-order valence-electron chi connectivity index (χ0n) is 7.84. The summed E-state index contributed by atoms with van der Waals surface area (Å²) >= 11 is 0. The highest BCUT2D eigenvalue weighted by atomic mass is 16.5. The van der Waals surface area contributed by atoms with Gasteiger partial charge < -0.3 is 4.74 Å². The Labute approximate surface area is 84.7 Å². The van der Waals surface area contributed by atoms with Crippen LogP contribution in [0.3, 0.4) is 0 Å². The summed E-state index contributed by atoms with van der Waals surface area (Å²) in [5.41, 5.74) is 1.08. The molecule has 6 nitrogen and oxygen atoms in total. The molecule has 0 amide bonds. The third kappa shape index (κ3) is 1.40. The fourth-order valence-corrected chi connectivity index (χ4v) is 1.18. The van der Waals surface area contributed by atoms with E-state index in [0.717, 1.165) is 0 Å². The molecule has 0 atom stereocenters. The Morgan fingerprint density at radius 3 is 3.07 bits per heavy atom. The lowest BCUT2D eigenvalue weighted by Gasteiger charge is -1.98. The summed E-state index contributed by atoms with van der Waals surface area (Å²) in [7, 11) is 1.29. The zero-order valence-corrected chi connectivity index (χ0v) is 7.84. The zero-order chi connectivity index (χ0) is 10.8. The first-order valence-corrected chi connectivity index (χ1v) is 4.08. The van der Waals surface area contributed by atoms with Crippen LogP contribution in [-0.2, 0) is 4.74 Å². The Bertz CT molecular complexity index is 567. The van der Waals surface area contributed by atoms with E-state index in [-0.39, 0.29) is 5.56 Å². The highest BCUT2D eigenvalue weighted by Gasteiger charge is 2.09. The molecule has 0 fully saturated rings. The van der Waals surface area contributed by atoms with E-state index in [1.807, 2.05) is 6.07 Å². The van der Waals surface area contributed by atoms with Crippen molar-refractivity contribution >= 4 is 11.6 Å². The fraction of sp³-hybridized carbons (Fsp3) is 0.111. The molecule has 2 aromatic rings. The van der Waals surface area contributed by atoms with Crippen molar-refractivity contribution in [2.24, 2.45) is 0 Å². The van der Waals surface area contributed by atoms with Crippen molar-refractivity contribution in [2.75, 3.05) is 7.11 Å².